The Labute approximate surface area is 158 Å². The number of hydrogen-bond acceptors (Lipinski definition) is 2. The van der Waals surface area contributed by atoms with Crippen molar-refractivity contribution in [1.29, 1.82) is 0 Å². The van der Waals surface area contributed by atoms with Gasteiger partial charge in [0.1, 0.15) is 0 Å². The van der Waals surface area contributed by atoms with Crippen LogP contribution in [0.4, 0.5) is 0 Å². The number of guanidine groups is 1. The van der Waals surface area contributed by atoms with Crippen molar-refractivity contribution < 1.29 is 4.79 Å². The van der Waals surface area contributed by atoms with E-state index in [1.54, 1.807) is 7.05 Å². The number of amides is 1. The minimum Gasteiger partial charge on any atom is -0.356 e. The van der Waals surface area contributed by atoms with E-state index in [1.165, 1.54) is 12.8 Å². The van der Waals surface area contributed by atoms with E-state index in [1.807, 2.05) is 0 Å². The lowest BCUT2D eigenvalue weighted by Gasteiger charge is -2.21. The van der Waals surface area contributed by atoms with E-state index >= 15 is 0 Å². The summed E-state index contributed by atoms with van der Waals surface area (Å²) in [5.41, 5.74) is 0. The molecule has 2 fully saturated rings. The van der Waals surface area contributed by atoms with Crippen LogP contribution >= 0.6 is 24.0 Å². The van der Waals surface area contributed by atoms with E-state index in [-0.39, 0.29) is 24.0 Å². The first-order valence-corrected chi connectivity index (χ1v) is 8.86. The predicted octanol–water partition coefficient (Wildman–Crippen LogP) is 2.61. The van der Waals surface area contributed by atoms with Gasteiger partial charge in [0.15, 0.2) is 5.96 Å². The van der Waals surface area contributed by atoms with Gasteiger partial charge >= 0.3 is 0 Å². The summed E-state index contributed by atoms with van der Waals surface area (Å²) in [5.74, 6) is 2.23. The number of halogens is 1. The van der Waals surface area contributed by atoms with Gasteiger partial charge in [-0.15, -0.1) is 24.0 Å². The number of likely N-dealkylation sites (tertiary alicyclic amines) is 1. The maximum atomic E-state index is 12.4. The fraction of sp³-hybridized carbons (Fsp3) is 0.882. The Morgan fingerprint density at radius 2 is 1.96 bits per heavy atom. The van der Waals surface area contributed by atoms with Gasteiger partial charge in [0.2, 0.25) is 5.91 Å². The summed E-state index contributed by atoms with van der Waals surface area (Å²) in [4.78, 5) is 18.8. The highest BCUT2D eigenvalue weighted by molar-refractivity contribution is 14.0. The molecule has 0 radical (unpaired) electrons. The van der Waals surface area contributed by atoms with Crippen LogP contribution in [0.5, 0.6) is 0 Å². The summed E-state index contributed by atoms with van der Waals surface area (Å²) in [6.45, 7) is 7.09. The fourth-order valence-corrected chi connectivity index (χ4v) is 3.38. The summed E-state index contributed by atoms with van der Waals surface area (Å²) in [5, 5.41) is 6.82. The van der Waals surface area contributed by atoms with Crippen molar-refractivity contribution in [2.75, 3.05) is 26.7 Å². The van der Waals surface area contributed by atoms with Gasteiger partial charge in [0.05, 0.1) is 0 Å². The molecule has 2 N–H and O–H groups in total. The molecule has 1 saturated carbocycles. The molecule has 1 heterocycles. The summed E-state index contributed by atoms with van der Waals surface area (Å²) in [6.07, 6.45) is 6.77. The summed E-state index contributed by atoms with van der Waals surface area (Å²) < 4.78 is 0. The van der Waals surface area contributed by atoms with Gasteiger partial charge in [-0.05, 0) is 31.6 Å². The molecule has 0 aromatic carbocycles. The van der Waals surface area contributed by atoms with Gasteiger partial charge < -0.3 is 15.5 Å². The summed E-state index contributed by atoms with van der Waals surface area (Å²) in [7, 11) is 1.81. The maximum Gasteiger partial charge on any atom is 0.225 e. The number of nitrogens with one attached hydrogen (secondary N) is 2. The first-order chi connectivity index (χ1) is 10.6. The SMILES string of the molecule is CN=C(NCCC(C)C)NC1CCN(C(=O)C2CCCC2)C1.I. The van der Waals surface area contributed by atoms with Crippen molar-refractivity contribution in [3.63, 3.8) is 0 Å². The topological polar surface area (TPSA) is 56.7 Å². The van der Waals surface area contributed by atoms with E-state index in [9.17, 15) is 4.79 Å². The Morgan fingerprint density at radius 3 is 2.57 bits per heavy atom. The van der Waals surface area contributed by atoms with Crippen molar-refractivity contribution in [3.8, 4) is 0 Å². The molecule has 5 nitrogen and oxygen atoms in total. The zero-order chi connectivity index (χ0) is 15.9. The number of nitrogens with zero attached hydrogens (tertiary/aromatic N) is 2. The molecule has 0 aromatic heterocycles. The molecule has 1 amide bonds. The largest absolute Gasteiger partial charge is 0.356 e. The van der Waals surface area contributed by atoms with Crippen LogP contribution in [0.2, 0.25) is 0 Å². The minimum atomic E-state index is 0. The van der Waals surface area contributed by atoms with Crippen molar-refractivity contribution in [2.45, 2.75) is 58.4 Å². The highest BCUT2D eigenvalue weighted by Gasteiger charge is 2.32. The molecule has 1 aliphatic heterocycles. The van der Waals surface area contributed by atoms with Gasteiger partial charge in [-0.25, -0.2) is 0 Å². The van der Waals surface area contributed by atoms with Crippen LogP contribution in [0, 0.1) is 11.8 Å². The highest BCUT2D eigenvalue weighted by Crippen LogP contribution is 2.27. The quantitative estimate of drug-likeness (QED) is 0.396. The monoisotopic (exact) mass is 436 g/mol. The number of carbonyl (C=O) groups excluding carboxylic acids is 1. The molecule has 2 rings (SSSR count). The van der Waals surface area contributed by atoms with E-state index in [4.69, 9.17) is 0 Å². The Hall–Kier alpha value is -0.530. The van der Waals surface area contributed by atoms with Crippen LogP contribution in [0.3, 0.4) is 0 Å². The molecule has 23 heavy (non-hydrogen) atoms. The van der Waals surface area contributed by atoms with Gasteiger partial charge in [-0.2, -0.15) is 0 Å². The molecule has 6 heteroatoms. The molecule has 2 aliphatic rings. The van der Waals surface area contributed by atoms with Gasteiger partial charge in [0.25, 0.3) is 0 Å². The van der Waals surface area contributed by atoms with Crippen LogP contribution in [0.1, 0.15) is 52.4 Å². The molecule has 0 aromatic rings. The maximum absolute atomic E-state index is 12.4. The average molecular weight is 436 g/mol. The lowest BCUT2D eigenvalue weighted by molar-refractivity contribution is -0.134. The third-order valence-corrected chi connectivity index (χ3v) is 4.78. The number of aliphatic imine (C=N–C) groups is 1. The van der Waals surface area contributed by atoms with E-state index < -0.39 is 0 Å². The summed E-state index contributed by atoms with van der Waals surface area (Å²) >= 11 is 0. The summed E-state index contributed by atoms with van der Waals surface area (Å²) in [6, 6.07) is 0.329. The first-order valence-electron chi connectivity index (χ1n) is 8.86. The Bertz CT molecular complexity index is 394. The zero-order valence-electron chi connectivity index (χ0n) is 14.8. The second-order valence-electron chi connectivity index (χ2n) is 7.08. The molecule has 0 spiro atoms. The van der Waals surface area contributed by atoms with Crippen LogP contribution < -0.4 is 10.6 Å². The van der Waals surface area contributed by atoms with E-state index in [0.29, 0.717) is 23.8 Å². The molecule has 0 bridgehead atoms. The van der Waals surface area contributed by atoms with Crippen molar-refractivity contribution >= 4 is 35.8 Å². The average Bonchev–Trinajstić information content (AvgIpc) is 3.16. The van der Waals surface area contributed by atoms with Crippen molar-refractivity contribution in [3.05, 3.63) is 0 Å². The Morgan fingerprint density at radius 1 is 1.26 bits per heavy atom. The van der Waals surface area contributed by atoms with Crippen LogP contribution in [0.25, 0.3) is 0 Å². The molecule has 134 valence electrons. The van der Waals surface area contributed by atoms with Crippen LogP contribution in [0.15, 0.2) is 4.99 Å². The Balaban J connectivity index is 0.00000264. The third kappa shape index (κ3) is 6.47. The lowest BCUT2D eigenvalue weighted by Crippen LogP contribution is -2.45. The number of rotatable bonds is 5. The molecule has 1 atom stereocenters. The number of hydrogen-bond donors (Lipinski definition) is 2. The van der Waals surface area contributed by atoms with Crippen LogP contribution in [-0.4, -0.2) is 49.5 Å². The Kier molecular flexibility index (Phi) is 9.24. The molecular weight excluding hydrogens is 403 g/mol. The van der Waals surface area contributed by atoms with Crippen molar-refractivity contribution in [1.82, 2.24) is 15.5 Å². The van der Waals surface area contributed by atoms with Gasteiger partial charge in [0, 0.05) is 38.6 Å². The minimum absolute atomic E-state index is 0. The first kappa shape index (κ1) is 20.5. The van der Waals surface area contributed by atoms with E-state index in [2.05, 4.69) is 34.4 Å². The molecular formula is C17H33IN4O. The second-order valence-corrected chi connectivity index (χ2v) is 7.08. The molecule has 1 aliphatic carbocycles. The van der Waals surface area contributed by atoms with E-state index in [0.717, 1.165) is 51.3 Å². The molecule has 1 unspecified atom stereocenters. The van der Waals surface area contributed by atoms with Crippen LogP contribution in [-0.2, 0) is 4.79 Å². The zero-order valence-corrected chi connectivity index (χ0v) is 17.1. The second kappa shape index (κ2) is 10.4. The third-order valence-electron chi connectivity index (χ3n) is 4.78. The number of carbonyl (C=O) groups is 1. The fourth-order valence-electron chi connectivity index (χ4n) is 3.38. The predicted molar refractivity (Wildman–Crippen MR) is 106 cm³/mol. The molecule has 1 saturated heterocycles. The van der Waals surface area contributed by atoms with Gasteiger partial charge in [-0.1, -0.05) is 26.7 Å². The smallest absolute Gasteiger partial charge is 0.225 e. The normalized spacial score (nSPS) is 22.3. The van der Waals surface area contributed by atoms with Crippen molar-refractivity contribution in [2.24, 2.45) is 16.8 Å². The highest BCUT2D eigenvalue weighted by atomic mass is 127. The van der Waals surface area contributed by atoms with Gasteiger partial charge in [-0.3, -0.25) is 9.79 Å². The lowest BCUT2D eigenvalue weighted by atomic mass is 10.1. The standard InChI is InChI=1S/C17H32N4O.HI/c1-13(2)8-10-19-17(18-3)20-15-9-11-21(12-15)16(22)14-6-4-5-7-14;/h13-15H,4-12H2,1-3H3,(H2,18,19,20);1H.